The van der Waals surface area contributed by atoms with Gasteiger partial charge in [0.05, 0.1) is 7.11 Å². The third-order valence-electron chi connectivity index (χ3n) is 7.19. The van der Waals surface area contributed by atoms with Crippen LogP contribution in [0.5, 0.6) is 23.1 Å². The summed E-state index contributed by atoms with van der Waals surface area (Å²) in [6, 6.07) is 26.2. The Morgan fingerprint density at radius 3 is 2.17 bits per heavy atom. The van der Waals surface area contributed by atoms with Crippen molar-refractivity contribution in [2.45, 2.75) is 25.5 Å². The molecule has 1 aliphatic rings. The lowest BCUT2D eigenvalue weighted by atomic mass is 9.96. The highest BCUT2D eigenvalue weighted by Crippen LogP contribution is 2.28. The molecule has 2 heterocycles. The van der Waals surface area contributed by atoms with Crippen LogP contribution in [0.4, 0.5) is 11.8 Å². The first-order valence-corrected chi connectivity index (χ1v) is 13.8. The van der Waals surface area contributed by atoms with Gasteiger partial charge < -0.3 is 30.0 Å². The van der Waals surface area contributed by atoms with Crippen LogP contribution in [0.15, 0.2) is 84.9 Å². The van der Waals surface area contributed by atoms with Crippen molar-refractivity contribution in [2.24, 2.45) is 0 Å². The minimum Gasteiger partial charge on any atom is -0.497 e. The highest BCUT2D eigenvalue weighted by Gasteiger charge is 2.36. The van der Waals surface area contributed by atoms with Crippen LogP contribution >= 0.6 is 0 Å². The van der Waals surface area contributed by atoms with Gasteiger partial charge in [-0.05, 0) is 54.4 Å². The molecule has 5 rings (SSSR count). The fraction of sp³-hybridized carbons (Fsp3) is 0.281. The molecule has 10 heteroatoms. The second-order valence-corrected chi connectivity index (χ2v) is 10.4. The number of anilines is 2. The van der Waals surface area contributed by atoms with E-state index >= 15 is 0 Å². The number of aromatic nitrogens is 2. The van der Waals surface area contributed by atoms with Crippen LogP contribution in [0.1, 0.15) is 18.1 Å². The Balaban J connectivity index is 1.20. The zero-order chi connectivity index (χ0) is 29.5. The Morgan fingerprint density at radius 1 is 0.881 bits per heavy atom. The van der Waals surface area contributed by atoms with Crippen LogP contribution in [0.2, 0.25) is 0 Å². The minimum atomic E-state index is -1.47. The number of methoxy groups -OCH3 is 1. The van der Waals surface area contributed by atoms with Crippen molar-refractivity contribution in [3.8, 4) is 23.1 Å². The molecule has 0 aliphatic carbocycles. The summed E-state index contributed by atoms with van der Waals surface area (Å²) in [7, 11) is 1.57. The molecule has 3 aromatic carbocycles. The number of hydrogen-bond donors (Lipinski definition) is 2. The van der Waals surface area contributed by atoms with Gasteiger partial charge in [0, 0.05) is 45.2 Å². The SMILES string of the molecule is COc1ccc(OC(C)(Cc2ccc(Oc3cc(N4CCN(Cc5ccccc5)CC4)nc(N)n3)cc2)C(=O)O)cc1. The Labute approximate surface area is 245 Å². The van der Waals surface area contributed by atoms with Gasteiger partial charge in [-0.1, -0.05) is 42.5 Å². The molecule has 1 fully saturated rings. The second-order valence-electron chi connectivity index (χ2n) is 10.4. The first-order valence-electron chi connectivity index (χ1n) is 13.8. The van der Waals surface area contributed by atoms with E-state index in [0.717, 1.165) is 44.1 Å². The molecule has 0 saturated carbocycles. The molecule has 4 aromatic rings. The molecule has 10 nitrogen and oxygen atoms in total. The number of ether oxygens (including phenoxy) is 3. The van der Waals surface area contributed by atoms with E-state index in [1.807, 2.05) is 18.2 Å². The average Bonchev–Trinajstić information content (AvgIpc) is 2.99. The van der Waals surface area contributed by atoms with E-state index in [9.17, 15) is 9.90 Å². The molecule has 3 N–H and O–H groups in total. The summed E-state index contributed by atoms with van der Waals surface area (Å²) in [5, 5.41) is 9.94. The van der Waals surface area contributed by atoms with Gasteiger partial charge >= 0.3 is 5.97 Å². The van der Waals surface area contributed by atoms with Crippen molar-refractivity contribution in [1.82, 2.24) is 14.9 Å². The Bertz CT molecular complexity index is 1480. The van der Waals surface area contributed by atoms with Gasteiger partial charge in [-0.3, -0.25) is 4.90 Å². The van der Waals surface area contributed by atoms with Crippen LogP contribution in [0.25, 0.3) is 0 Å². The summed E-state index contributed by atoms with van der Waals surface area (Å²) < 4.78 is 17.1. The molecule has 1 saturated heterocycles. The normalized spacial score (nSPS) is 15.0. The molecule has 1 aliphatic heterocycles. The molecule has 0 bridgehead atoms. The molecule has 1 unspecified atom stereocenters. The van der Waals surface area contributed by atoms with Crippen LogP contribution in [-0.2, 0) is 17.8 Å². The lowest BCUT2D eigenvalue weighted by Crippen LogP contribution is -2.46. The monoisotopic (exact) mass is 569 g/mol. The minimum absolute atomic E-state index is 0.138. The largest absolute Gasteiger partial charge is 0.497 e. The molecule has 1 atom stereocenters. The third kappa shape index (κ3) is 7.27. The smallest absolute Gasteiger partial charge is 0.348 e. The predicted molar refractivity (Wildman–Crippen MR) is 160 cm³/mol. The summed E-state index contributed by atoms with van der Waals surface area (Å²) in [6.07, 6.45) is 0.148. The van der Waals surface area contributed by atoms with E-state index in [4.69, 9.17) is 19.9 Å². The van der Waals surface area contributed by atoms with Crippen LogP contribution in [0, 0.1) is 0 Å². The summed E-state index contributed by atoms with van der Waals surface area (Å²) in [5.74, 6) is 1.78. The van der Waals surface area contributed by atoms with Crippen LogP contribution in [0.3, 0.4) is 0 Å². The fourth-order valence-corrected chi connectivity index (χ4v) is 4.87. The van der Waals surface area contributed by atoms with E-state index in [1.165, 1.54) is 5.56 Å². The first kappa shape index (κ1) is 28.7. The molecule has 1 aromatic heterocycles. The van der Waals surface area contributed by atoms with Crippen molar-refractivity contribution < 1.29 is 24.1 Å². The van der Waals surface area contributed by atoms with Crippen molar-refractivity contribution in [2.75, 3.05) is 43.9 Å². The van der Waals surface area contributed by atoms with Gasteiger partial charge in [0.2, 0.25) is 17.4 Å². The number of carboxylic acids is 1. The number of benzene rings is 3. The molecule has 0 amide bonds. The number of rotatable bonds is 11. The number of nitrogens with two attached hydrogens (primary N) is 1. The molecule has 218 valence electrons. The van der Waals surface area contributed by atoms with Gasteiger partial charge in [-0.2, -0.15) is 9.97 Å². The number of nitrogens with zero attached hydrogens (tertiary/aromatic N) is 4. The highest BCUT2D eigenvalue weighted by atomic mass is 16.5. The standard InChI is InChI=1S/C32H35N5O5/c1-32(30(38)39,42-27-14-12-25(40-2)13-15-27)21-23-8-10-26(11-9-23)41-29-20-28(34-31(33)35-29)37-18-16-36(17-19-37)22-24-6-4-3-5-7-24/h3-15,20H,16-19,21-22H2,1-2H3,(H,38,39)(H2,33,34,35). The van der Waals surface area contributed by atoms with Gasteiger partial charge in [-0.25, -0.2) is 4.79 Å². The molecule has 0 spiro atoms. The van der Waals surface area contributed by atoms with Crippen molar-refractivity contribution in [1.29, 1.82) is 0 Å². The highest BCUT2D eigenvalue weighted by molar-refractivity contribution is 5.78. The van der Waals surface area contributed by atoms with E-state index < -0.39 is 11.6 Å². The van der Waals surface area contributed by atoms with Gasteiger partial charge in [0.15, 0.2) is 0 Å². The maximum atomic E-state index is 12.1. The summed E-state index contributed by atoms with van der Waals surface area (Å²) >= 11 is 0. The van der Waals surface area contributed by atoms with E-state index in [-0.39, 0.29) is 12.4 Å². The third-order valence-corrected chi connectivity index (χ3v) is 7.19. The topological polar surface area (TPSA) is 123 Å². The van der Waals surface area contributed by atoms with Gasteiger partial charge in [0.1, 0.15) is 23.1 Å². The van der Waals surface area contributed by atoms with Crippen LogP contribution < -0.4 is 24.8 Å². The molecule has 0 radical (unpaired) electrons. The fourth-order valence-electron chi connectivity index (χ4n) is 4.87. The number of piperazine rings is 1. The molecular weight excluding hydrogens is 534 g/mol. The Morgan fingerprint density at radius 2 is 1.52 bits per heavy atom. The lowest BCUT2D eigenvalue weighted by molar-refractivity contribution is -0.153. The quantitative estimate of drug-likeness (QED) is 0.264. The first-order chi connectivity index (χ1) is 20.3. The second kappa shape index (κ2) is 12.8. The maximum Gasteiger partial charge on any atom is 0.348 e. The summed E-state index contributed by atoms with van der Waals surface area (Å²) in [5.41, 5.74) is 6.64. The summed E-state index contributed by atoms with van der Waals surface area (Å²) in [6.45, 7) is 5.93. The number of carbonyl (C=O) groups is 1. The van der Waals surface area contributed by atoms with Crippen LogP contribution in [-0.4, -0.2) is 64.8 Å². The van der Waals surface area contributed by atoms with E-state index in [2.05, 4.69) is 44.0 Å². The number of hydrogen-bond acceptors (Lipinski definition) is 9. The summed E-state index contributed by atoms with van der Waals surface area (Å²) in [4.78, 5) is 25.5. The Kier molecular flexibility index (Phi) is 8.73. The van der Waals surface area contributed by atoms with E-state index in [0.29, 0.717) is 23.1 Å². The van der Waals surface area contributed by atoms with Gasteiger partial charge in [0.25, 0.3) is 0 Å². The number of aliphatic carboxylic acids is 1. The zero-order valence-corrected chi connectivity index (χ0v) is 23.8. The Hall–Kier alpha value is -4.83. The maximum absolute atomic E-state index is 12.1. The van der Waals surface area contributed by atoms with E-state index in [1.54, 1.807) is 56.5 Å². The predicted octanol–water partition coefficient (Wildman–Crippen LogP) is 4.65. The molecular formula is C32H35N5O5. The van der Waals surface area contributed by atoms with Crippen molar-refractivity contribution in [3.63, 3.8) is 0 Å². The average molecular weight is 570 g/mol. The van der Waals surface area contributed by atoms with Crippen molar-refractivity contribution >= 4 is 17.7 Å². The van der Waals surface area contributed by atoms with Crippen molar-refractivity contribution in [3.05, 3.63) is 96.1 Å². The lowest BCUT2D eigenvalue weighted by Gasteiger charge is -2.35. The zero-order valence-electron chi connectivity index (χ0n) is 23.8. The number of carboxylic acid groups (broad SMARTS) is 1. The number of nitrogen functional groups attached to an aromatic ring is 1. The van der Waals surface area contributed by atoms with Gasteiger partial charge in [-0.15, -0.1) is 0 Å². The molecule has 42 heavy (non-hydrogen) atoms.